The second-order valence-electron chi connectivity index (χ2n) is 2.30. The van der Waals surface area contributed by atoms with E-state index in [1.165, 1.54) is 0 Å². The first-order valence-electron chi connectivity index (χ1n) is 3.37. The molecule has 5 nitrogen and oxygen atoms in total. The summed E-state index contributed by atoms with van der Waals surface area (Å²) in [6, 6.07) is 6.35. The van der Waals surface area contributed by atoms with Crippen LogP contribution in [0.1, 0.15) is 0 Å². The van der Waals surface area contributed by atoms with Crippen LogP contribution in [0, 0.1) is 45.3 Å². The average molecular weight is 178 g/mol. The first-order chi connectivity index (χ1) is 6.71. The van der Waals surface area contributed by atoms with Crippen LogP contribution in [-0.2, 0) is 0 Å². The van der Waals surface area contributed by atoms with Crippen molar-refractivity contribution in [2.24, 2.45) is 0 Å². The Morgan fingerprint density at radius 3 is 1.14 bits per heavy atom. The van der Waals surface area contributed by atoms with Crippen molar-refractivity contribution in [2.45, 2.75) is 0 Å². The van der Waals surface area contributed by atoms with Gasteiger partial charge in [-0.05, 0) is 0 Å². The third-order valence-corrected chi connectivity index (χ3v) is 1.67. The Kier molecular flexibility index (Phi) is 2.12. The van der Waals surface area contributed by atoms with Crippen LogP contribution in [0.15, 0.2) is 22.3 Å². The molecule has 1 aliphatic rings. The van der Waals surface area contributed by atoms with Crippen molar-refractivity contribution < 1.29 is 0 Å². The van der Waals surface area contributed by atoms with Crippen LogP contribution in [0.5, 0.6) is 0 Å². The molecule has 0 radical (unpaired) electrons. The van der Waals surface area contributed by atoms with Crippen molar-refractivity contribution in [1.29, 1.82) is 21.0 Å². The van der Waals surface area contributed by atoms with Gasteiger partial charge in [0.1, 0.15) is 12.1 Å². The van der Waals surface area contributed by atoms with Crippen molar-refractivity contribution in [3.05, 3.63) is 27.7 Å². The highest BCUT2D eigenvalue weighted by Gasteiger charge is 2.24. The van der Waals surface area contributed by atoms with Crippen molar-refractivity contribution in [1.82, 2.24) is 0 Å². The molecule has 0 unspecified atom stereocenters. The summed E-state index contributed by atoms with van der Waals surface area (Å²) in [5, 5.41) is 43.7. The van der Waals surface area contributed by atoms with Crippen LogP contribution >= 0.6 is 0 Å². The van der Waals surface area contributed by atoms with Crippen LogP contribution in [0.25, 0.3) is 5.41 Å². The van der Waals surface area contributed by atoms with Gasteiger partial charge in [-0.1, -0.05) is 0 Å². The standard InChI is InChI=1S/C9N5/c10-1-5-6(2-11)8(4-13)9(14)7(5)3-12/q-1. The van der Waals surface area contributed by atoms with Gasteiger partial charge in [-0.3, -0.25) is 0 Å². The van der Waals surface area contributed by atoms with Gasteiger partial charge in [0.25, 0.3) is 0 Å². The van der Waals surface area contributed by atoms with Gasteiger partial charge in [-0.2, -0.15) is 21.0 Å². The maximum Gasteiger partial charge on any atom is 0.102 e. The molecule has 0 atom stereocenters. The Balaban J connectivity index is 3.59. The molecule has 62 valence electrons. The van der Waals surface area contributed by atoms with Gasteiger partial charge in [-0.15, -0.1) is 5.71 Å². The quantitative estimate of drug-likeness (QED) is 0.542. The molecule has 0 amide bonds. The SMILES string of the molecule is N#CC1=C(C#N)C(C#N)=C(C#N)C1=[N-]. The monoisotopic (exact) mass is 178 g/mol. The summed E-state index contributed by atoms with van der Waals surface area (Å²) < 4.78 is 0. The fourth-order valence-electron chi connectivity index (χ4n) is 1.05. The molecule has 1 rings (SSSR count). The second kappa shape index (κ2) is 3.23. The molecule has 0 aromatic heterocycles. The van der Waals surface area contributed by atoms with E-state index >= 15 is 0 Å². The molecule has 5 heteroatoms. The van der Waals surface area contributed by atoms with Gasteiger partial charge in [0.05, 0.1) is 34.4 Å². The number of nitriles is 4. The minimum absolute atomic E-state index is 0.246. The lowest BCUT2D eigenvalue weighted by Crippen LogP contribution is -1.96. The van der Waals surface area contributed by atoms with E-state index in [0.29, 0.717) is 0 Å². The summed E-state index contributed by atoms with van der Waals surface area (Å²) in [5.41, 5.74) is -1.72. The van der Waals surface area contributed by atoms with Crippen LogP contribution in [0.3, 0.4) is 0 Å². The molecular formula is C9N5-. The molecule has 0 N–H and O–H groups in total. The summed E-state index contributed by atoms with van der Waals surface area (Å²) in [7, 11) is 0. The summed E-state index contributed by atoms with van der Waals surface area (Å²) in [4.78, 5) is 0. The topological polar surface area (TPSA) is 117 Å². The average Bonchev–Trinajstić information content (AvgIpc) is 2.48. The highest BCUT2D eigenvalue weighted by molar-refractivity contribution is 6.24. The van der Waals surface area contributed by atoms with Crippen LogP contribution in [-0.4, -0.2) is 5.71 Å². The Hall–Kier alpha value is -2.89. The third kappa shape index (κ3) is 0.950. The number of rotatable bonds is 0. The molecule has 14 heavy (non-hydrogen) atoms. The predicted molar refractivity (Wildman–Crippen MR) is 44.9 cm³/mol. The van der Waals surface area contributed by atoms with E-state index < -0.39 is 5.71 Å². The fraction of sp³-hybridized carbons (Fsp3) is 0. The zero-order valence-corrected chi connectivity index (χ0v) is 6.74. The van der Waals surface area contributed by atoms with Gasteiger partial charge in [-0.25, -0.2) is 0 Å². The van der Waals surface area contributed by atoms with Gasteiger partial charge >= 0.3 is 0 Å². The van der Waals surface area contributed by atoms with E-state index in [0.717, 1.165) is 0 Å². The minimum atomic E-state index is -0.594. The third-order valence-electron chi connectivity index (χ3n) is 1.67. The van der Waals surface area contributed by atoms with Crippen LogP contribution < -0.4 is 0 Å². The fourth-order valence-corrected chi connectivity index (χ4v) is 1.05. The Morgan fingerprint density at radius 2 is 0.929 bits per heavy atom. The first kappa shape index (κ1) is 9.20. The van der Waals surface area contributed by atoms with Crippen LogP contribution in [0.4, 0.5) is 0 Å². The largest absolute Gasteiger partial charge is 0.802 e. The first-order valence-corrected chi connectivity index (χ1v) is 3.37. The zero-order valence-electron chi connectivity index (χ0n) is 6.74. The van der Waals surface area contributed by atoms with Gasteiger partial charge in [0.15, 0.2) is 0 Å². The van der Waals surface area contributed by atoms with Crippen LogP contribution in [0.2, 0.25) is 0 Å². The lowest BCUT2D eigenvalue weighted by Gasteiger charge is -2.01. The minimum Gasteiger partial charge on any atom is -0.802 e. The van der Waals surface area contributed by atoms with E-state index in [9.17, 15) is 5.41 Å². The number of hydrogen-bond donors (Lipinski definition) is 0. The molecule has 0 saturated carbocycles. The van der Waals surface area contributed by atoms with Crippen molar-refractivity contribution in [2.75, 3.05) is 0 Å². The molecule has 0 aromatic carbocycles. The van der Waals surface area contributed by atoms with Crippen molar-refractivity contribution in [3.8, 4) is 24.3 Å². The molecule has 0 fully saturated rings. The summed E-state index contributed by atoms with van der Waals surface area (Å²) in [6.45, 7) is 0. The summed E-state index contributed by atoms with van der Waals surface area (Å²) >= 11 is 0. The van der Waals surface area contributed by atoms with E-state index in [1.54, 1.807) is 24.3 Å². The van der Waals surface area contributed by atoms with E-state index in [1.807, 2.05) is 0 Å². The van der Waals surface area contributed by atoms with E-state index in [4.69, 9.17) is 21.0 Å². The van der Waals surface area contributed by atoms with Crippen molar-refractivity contribution >= 4 is 5.71 Å². The zero-order chi connectivity index (χ0) is 10.7. The highest BCUT2D eigenvalue weighted by Crippen LogP contribution is 2.28. The smallest absolute Gasteiger partial charge is 0.102 e. The van der Waals surface area contributed by atoms with Crippen molar-refractivity contribution in [3.63, 3.8) is 0 Å². The molecule has 0 saturated heterocycles. The number of allylic oxidation sites excluding steroid dienone is 4. The maximum absolute atomic E-state index is 9.31. The number of nitrogens with zero attached hydrogens (tertiary/aromatic N) is 5. The highest BCUT2D eigenvalue weighted by atomic mass is 14.5. The lowest BCUT2D eigenvalue weighted by atomic mass is 10.1. The van der Waals surface area contributed by atoms with Gasteiger partial charge in [0, 0.05) is 0 Å². The molecule has 0 aliphatic heterocycles. The maximum atomic E-state index is 9.31. The molecule has 0 aromatic rings. The summed E-state index contributed by atoms with van der Waals surface area (Å²) in [6.07, 6.45) is 0. The van der Waals surface area contributed by atoms with Gasteiger partial charge < -0.3 is 5.41 Å². The number of hydrogen-bond acceptors (Lipinski definition) is 4. The normalized spacial score (nSPS) is 14.4. The predicted octanol–water partition coefficient (Wildman–Crippen LogP) is 0.698. The lowest BCUT2D eigenvalue weighted by molar-refractivity contribution is 1.42. The molecule has 0 spiro atoms. The van der Waals surface area contributed by atoms with E-state index in [-0.39, 0.29) is 22.3 Å². The molecule has 0 bridgehead atoms. The van der Waals surface area contributed by atoms with E-state index in [2.05, 4.69) is 0 Å². The molecule has 0 heterocycles. The van der Waals surface area contributed by atoms with Gasteiger partial charge in [0.2, 0.25) is 0 Å². The Labute approximate surface area is 79.5 Å². The Morgan fingerprint density at radius 1 is 0.643 bits per heavy atom. The summed E-state index contributed by atoms with van der Waals surface area (Å²) in [5.74, 6) is 0. The second-order valence-corrected chi connectivity index (χ2v) is 2.30. The molecule has 1 aliphatic carbocycles. The molecular weight excluding hydrogens is 178 g/mol. The Bertz CT molecular complexity index is 498.